The van der Waals surface area contributed by atoms with Crippen molar-refractivity contribution >= 4 is 33.2 Å². The summed E-state index contributed by atoms with van der Waals surface area (Å²) in [5, 5.41) is 3.38. The molecule has 168 valence electrons. The lowest BCUT2D eigenvalue weighted by Gasteiger charge is -2.23. The fraction of sp³-hybridized carbons (Fsp3) is 0.208. The molecule has 32 heavy (non-hydrogen) atoms. The number of rotatable bonds is 9. The Morgan fingerprint density at radius 3 is 2.34 bits per heavy atom. The number of nitrogens with one attached hydrogen (secondary N) is 1. The number of hydrogen-bond donors (Lipinski definition) is 1. The molecule has 0 unspecified atom stereocenters. The summed E-state index contributed by atoms with van der Waals surface area (Å²) in [5.41, 5.74) is 2.81. The maximum atomic E-state index is 12.4. The van der Waals surface area contributed by atoms with Gasteiger partial charge in [-0.1, -0.05) is 35.9 Å². The van der Waals surface area contributed by atoms with Crippen LogP contribution in [-0.4, -0.2) is 33.7 Å². The predicted octanol–water partition coefficient (Wildman–Crippen LogP) is 4.42. The molecule has 0 spiro atoms. The van der Waals surface area contributed by atoms with E-state index in [2.05, 4.69) is 5.32 Å². The van der Waals surface area contributed by atoms with Crippen LogP contribution in [0, 0.1) is 6.92 Å². The quantitative estimate of drug-likeness (QED) is 0.467. The molecule has 0 bridgehead atoms. The molecule has 0 atom stereocenters. The van der Waals surface area contributed by atoms with Crippen molar-refractivity contribution in [1.82, 2.24) is 5.32 Å². The fourth-order valence-corrected chi connectivity index (χ4v) is 4.09. The monoisotopic (exact) mass is 472 g/mol. The molecule has 0 radical (unpaired) electrons. The maximum Gasteiger partial charge on any atom is 0.251 e. The van der Waals surface area contributed by atoms with E-state index in [1.54, 1.807) is 48.5 Å². The minimum absolute atomic E-state index is 0.165. The van der Waals surface area contributed by atoms with E-state index in [0.717, 1.165) is 23.1 Å². The van der Waals surface area contributed by atoms with Gasteiger partial charge in [-0.15, -0.1) is 0 Å². The first kappa shape index (κ1) is 23.6. The van der Waals surface area contributed by atoms with Crippen molar-refractivity contribution in [3.63, 3.8) is 0 Å². The topological polar surface area (TPSA) is 75.7 Å². The lowest BCUT2D eigenvalue weighted by atomic mass is 10.2. The van der Waals surface area contributed by atoms with Gasteiger partial charge in [-0.2, -0.15) is 0 Å². The van der Waals surface area contributed by atoms with Crippen LogP contribution in [0.4, 0.5) is 5.69 Å². The molecule has 0 aromatic heterocycles. The Hall–Kier alpha value is -3.03. The molecule has 3 rings (SSSR count). The third-order valence-electron chi connectivity index (χ3n) is 4.70. The van der Waals surface area contributed by atoms with Crippen molar-refractivity contribution in [2.24, 2.45) is 0 Å². The van der Waals surface area contributed by atoms with E-state index in [1.165, 1.54) is 4.31 Å². The first-order valence-corrected chi connectivity index (χ1v) is 12.2. The van der Waals surface area contributed by atoms with E-state index in [0.29, 0.717) is 29.4 Å². The zero-order valence-electron chi connectivity index (χ0n) is 17.9. The molecule has 3 aromatic rings. The molecular formula is C24H25ClN2O4S. The van der Waals surface area contributed by atoms with E-state index in [9.17, 15) is 13.2 Å². The number of anilines is 1. The third kappa shape index (κ3) is 6.73. The van der Waals surface area contributed by atoms with Gasteiger partial charge in [0.15, 0.2) is 0 Å². The van der Waals surface area contributed by atoms with Crippen LogP contribution in [0.1, 0.15) is 21.5 Å². The zero-order chi connectivity index (χ0) is 23.1. The molecule has 0 aliphatic heterocycles. The number of sulfonamides is 1. The predicted molar refractivity (Wildman–Crippen MR) is 128 cm³/mol. The van der Waals surface area contributed by atoms with Crippen LogP contribution >= 0.6 is 11.6 Å². The molecule has 6 nitrogen and oxygen atoms in total. The molecule has 0 fully saturated rings. The second kappa shape index (κ2) is 10.5. The SMILES string of the molecule is Cc1cccc(OCCNC(=O)c2ccc(N(Cc3ccc(Cl)cc3)S(C)(=O)=O)cc2)c1. The molecule has 0 aliphatic rings. The summed E-state index contributed by atoms with van der Waals surface area (Å²) in [7, 11) is -3.52. The summed E-state index contributed by atoms with van der Waals surface area (Å²) in [4.78, 5) is 12.4. The number of halogens is 1. The number of aryl methyl sites for hydroxylation is 1. The fourth-order valence-electron chi connectivity index (χ4n) is 3.08. The highest BCUT2D eigenvalue weighted by Crippen LogP contribution is 2.22. The molecule has 0 saturated heterocycles. The van der Waals surface area contributed by atoms with Gasteiger partial charge in [0.25, 0.3) is 5.91 Å². The van der Waals surface area contributed by atoms with Crippen LogP contribution in [0.2, 0.25) is 5.02 Å². The van der Waals surface area contributed by atoms with Crippen LogP contribution in [-0.2, 0) is 16.6 Å². The van der Waals surface area contributed by atoms with Crippen molar-refractivity contribution < 1.29 is 17.9 Å². The van der Waals surface area contributed by atoms with E-state index in [1.807, 2.05) is 31.2 Å². The first-order chi connectivity index (χ1) is 15.2. The number of amides is 1. The molecule has 3 aromatic carbocycles. The molecule has 8 heteroatoms. The van der Waals surface area contributed by atoms with Crippen molar-refractivity contribution in [3.8, 4) is 5.75 Å². The van der Waals surface area contributed by atoms with E-state index < -0.39 is 10.0 Å². The van der Waals surface area contributed by atoms with Gasteiger partial charge in [0.2, 0.25) is 10.0 Å². The van der Waals surface area contributed by atoms with Crippen molar-refractivity contribution in [1.29, 1.82) is 0 Å². The van der Waals surface area contributed by atoms with Gasteiger partial charge in [-0.05, 0) is 66.6 Å². The van der Waals surface area contributed by atoms with Crippen LogP contribution in [0.5, 0.6) is 5.75 Å². The largest absolute Gasteiger partial charge is 0.492 e. The van der Waals surface area contributed by atoms with Crippen molar-refractivity contribution in [2.45, 2.75) is 13.5 Å². The second-order valence-electron chi connectivity index (χ2n) is 7.36. The van der Waals surface area contributed by atoms with Crippen molar-refractivity contribution in [3.05, 3.63) is 94.5 Å². The Morgan fingerprint density at radius 2 is 1.72 bits per heavy atom. The molecule has 0 heterocycles. The molecular weight excluding hydrogens is 448 g/mol. The Labute approximate surface area is 193 Å². The van der Waals surface area contributed by atoms with Gasteiger partial charge in [0, 0.05) is 10.6 Å². The van der Waals surface area contributed by atoms with Crippen LogP contribution < -0.4 is 14.4 Å². The molecule has 1 N–H and O–H groups in total. The molecule has 0 aliphatic carbocycles. The highest BCUT2D eigenvalue weighted by molar-refractivity contribution is 7.92. The highest BCUT2D eigenvalue weighted by Gasteiger charge is 2.18. The number of nitrogens with zero attached hydrogens (tertiary/aromatic N) is 1. The van der Waals surface area contributed by atoms with Gasteiger partial charge in [-0.25, -0.2) is 8.42 Å². The summed E-state index contributed by atoms with van der Waals surface area (Å²) >= 11 is 5.91. The minimum atomic E-state index is -3.52. The number of benzene rings is 3. The van der Waals surface area contributed by atoms with Gasteiger partial charge in [0.05, 0.1) is 25.0 Å². The van der Waals surface area contributed by atoms with Gasteiger partial charge in [0.1, 0.15) is 12.4 Å². The Bertz CT molecular complexity index is 1160. The van der Waals surface area contributed by atoms with Crippen LogP contribution in [0.25, 0.3) is 0 Å². The summed E-state index contributed by atoms with van der Waals surface area (Å²) in [5.74, 6) is 0.498. The average molecular weight is 473 g/mol. The van der Waals surface area contributed by atoms with Gasteiger partial charge < -0.3 is 10.1 Å². The Balaban J connectivity index is 1.60. The zero-order valence-corrected chi connectivity index (χ0v) is 19.5. The number of carbonyl (C=O) groups excluding carboxylic acids is 1. The first-order valence-electron chi connectivity index (χ1n) is 10.0. The summed E-state index contributed by atoms with van der Waals surface area (Å²) in [6, 6.07) is 21.1. The van der Waals surface area contributed by atoms with E-state index in [-0.39, 0.29) is 12.5 Å². The lowest BCUT2D eigenvalue weighted by molar-refractivity contribution is 0.0947. The summed E-state index contributed by atoms with van der Waals surface area (Å²) < 4.78 is 31.6. The number of ether oxygens (including phenoxy) is 1. The lowest BCUT2D eigenvalue weighted by Crippen LogP contribution is -2.30. The van der Waals surface area contributed by atoms with Gasteiger partial charge in [-0.3, -0.25) is 9.10 Å². The standard InChI is InChI=1S/C24H25ClN2O4S/c1-18-4-3-5-23(16-18)31-15-14-26-24(28)20-8-12-22(13-9-20)27(32(2,29)30)17-19-6-10-21(25)11-7-19/h3-13,16H,14-15,17H2,1-2H3,(H,26,28). The Morgan fingerprint density at radius 1 is 1.03 bits per heavy atom. The minimum Gasteiger partial charge on any atom is -0.492 e. The Kier molecular flexibility index (Phi) is 7.77. The normalized spacial score (nSPS) is 11.1. The number of carbonyl (C=O) groups is 1. The second-order valence-corrected chi connectivity index (χ2v) is 9.71. The van der Waals surface area contributed by atoms with Gasteiger partial charge >= 0.3 is 0 Å². The average Bonchev–Trinajstić information content (AvgIpc) is 2.75. The molecule has 1 amide bonds. The molecule has 0 saturated carbocycles. The summed E-state index contributed by atoms with van der Waals surface area (Å²) in [6.45, 7) is 2.84. The van der Waals surface area contributed by atoms with E-state index >= 15 is 0 Å². The smallest absolute Gasteiger partial charge is 0.251 e. The maximum absolute atomic E-state index is 12.4. The number of hydrogen-bond acceptors (Lipinski definition) is 4. The summed E-state index contributed by atoms with van der Waals surface area (Å²) in [6.07, 6.45) is 1.15. The van der Waals surface area contributed by atoms with Crippen LogP contribution in [0.15, 0.2) is 72.8 Å². The van der Waals surface area contributed by atoms with Crippen LogP contribution in [0.3, 0.4) is 0 Å². The third-order valence-corrected chi connectivity index (χ3v) is 6.10. The van der Waals surface area contributed by atoms with E-state index in [4.69, 9.17) is 16.3 Å². The highest BCUT2D eigenvalue weighted by atomic mass is 35.5. The van der Waals surface area contributed by atoms with Crippen molar-refractivity contribution in [2.75, 3.05) is 23.7 Å².